The number of hydrogen-bond donors (Lipinski definition) is 1. The molecule has 4 heteroatoms. The summed E-state index contributed by atoms with van der Waals surface area (Å²) in [6, 6.07) is 9.53. The van der Waals surface area contributed by atoms with Crippen molar-refractivity contribution in [3.8, 4) is 0 Å². The second-order valence-corrected chi connectivity index (χ2v) is 5.88. The third-order valence-corrected chi connectivity index (χ3v) is 4.01. The molecule has 0 fully saturated rings. The molecule has 0 aliphatic rings. The van der Waals surface area contributed by atoms with Gasteiger partial charge in [0.15, 0.2) is 0 Å². The van der Waals surface area contributed by atoms with Crippen molar-refractivity contribution in [2.75, 3.05) is 6.54 Å². The van der Waals surface area contributed by atoms with E-state index < -0.39 is 0 Å². The number of halogens is 3. The number of hydrogen-bond acceptors (Lipinski definition) is 1. The summed E-state index contributed by atoms with van der Waals surface area (Å²) in [6.07, 6.45) is 0. The van der Waals surface area contributed by atoms with Crippen molar-refractivity contribution >= 4 is 22.6 Å². The molecule has 0 radical (unpaired) electrons. The van der Waals surface area contributed by atoms with Crippen LogP contribution in [-0.2, 0) is 0 Å². The van der Waals surface area contributed by atoms with Crippen LogP contribution in [0.2, 0.25) is 0 Å². The Balaban J connectivity index is 2.49. The maximum Gasteiger partial charge on any atom is 0.124 e. The molecule has 1 unspecified atom stereocenters. The normalized spacial score (nSPS) is 12.4. The van der Waals surface area contributed by atoms with Gasteiger partial charge in [-0.1, -0.05) is 19.1 Å². The molecular formula is C16H16F2IN. The summed E-state index contributed by atoms with van der Waals surface area (Å²) in [7, 11) is 0. The zero-order valence-electron chi connectivity index (χ0n) is 11.4. The smallest absolute Gasteiger partial charge is 0.124 e. The lowest BCUT2D eigenvalue weighted by molar-refractivity contribution is 0.596. The predicted molar refractivity (Wildman–Crippen MR) is 85.8 cm³/mol. The Morgan fingerprint density at radius 1 is 1.10 bits per heavy atom. The zero-order chi connectivity index (χ0) is 14.7. The number of aryl methyl sites for hydroxylation is 1. The zero-order valence-corrected chi connectivity index (χ0v) is 13.5. The molecular weight excluding hydrogens is 371 g/mol. The van der Waals surface area contributed by atoms with Crippen LogP contribution in [0.15, 0.2) is 36.4 Å². The Morgan fingerprint density at radius 3 is 2.45 bits per heavy atom. The largest absolute Gasteiger partial charge is 0.306 e. The maximum atomic E-state index is 13.6. The van der Waals surface area contributed by atoms with E-state index in [4.69, 9.17) is 0 Å². The molecule has 1 nitrogen and oxygen atoms in total. The van der Waals surface area contributed by atoms with Crippen LogP contribution in [0.25, 0.3) is 0 Å². The molecule has 0 bridgehead atoms. The molecule has 0 heterocycles. The lowest BCUT2D eigenvalue weighted by atomic mass is 9.97. The summed E-state index contributed by atoms with van der Waals surface area (Å²) in [5.41, 5.74) is 2.69. The molecule has 0 amide bonds. The van der Waals surface area contributed by atoms with Gasteiger partial charge in [-0.05, 0) is 77.0 Å². The van der Waals surface area contributed by atoms with E-state index >= 15 is 0 Å². The van der Waals surface area contributed by atoms with Gasteiger partial charge in [0.05, 0.1) is 6.04 Å². The highest BCUT2D eigenvalue weighted by molar-refractivity contribution is 14.1. The highest BCUT2D eigenvalue weighted by atomic mass is 127. The fraction of sp³-hybridized carbons (Fsp3) is 0.250. The third kappa shape index (κ3) is 3.55. The van der Waals surface area contributed by atoms with Crippen molar-refractivity contribution < 1.29 is 8.78 Å². The van der Waals surface area contributed by atoms with Gasteiger partial charge in [-0.25, -0.2) is 8.78 Å². The van der Waals surface area contributed by atoms with E-state index in [0.717, 1.165) is 26.8 Å². The lowest BCUT2D eigenvalue weighted by Gasteiger charge is -2.21. The van der Waals surface area contributed by atoms with Crippen LogP contribution in [0.3, 0.4) is 0 Å². The SMILES string of the molecule is CCNC(c1cc(C)cc(F)c1)c1ccc(F)cc1I. The van der Waals surface area contributed by atoms with Crippen LogP contribution in [0.5, 0.6) is 0 Å². The Labute approximate surface area is 131 Å². The van der Waals surface area contributed by atoms with Crippen molar-refractivity contribution in [1.29, 1.82) is 0 Å². The second kappa shape index (κ2) is 6.63. The second-order valence-electron chi connectivity index (χ2n) is 4.72. The van der Waals surface area contributed by atoms with Gasteiger partial charge in [-0.15, -0.1) is 0 Å². The Bertz CT molecular complexity index is 593. The van der Waals surface area contributed by atoms with Crippen LogP contribution in [0, 0.1) is 22.1 Å². The van der Waals surface area contributed by atoms with E-state index in [2.05, 4.69) is 27.9 Å². The molecule has 1 N–H and O–H groups in total. The van der Waals surface area contributed by atoms with E-state index in [-0.39, 0.29) is 17.7 Å². The van der Waals surface area contributed by atoms with Crippen molar-refractivity contribution in [1.82, 2.24) is 5.32 Å². The first-order valence-corrected chi connectivity index (χ1v) is 7.54. The molecule has 0 saturated carbocycles. The number of rotatable bonds is 4. The van der Waals surface area contributed by atoms with E-state index in [1.165, 1.54) is 24.3 Å². The molecule has 0 aromatic heterocycles. The topological polar surface area (TPSA) is 12.0 Å². The molecule has 2 aromatic rings. The van der Waals surface area contributed by atoms with Crippen LogP contribution in [0.4, 0.5) is 8.78 Å². The summed E-state index contributed by atoms with van der Waals surface area (Å²) in [5.74, 6) is -0.510. The first-order chi connectivity index (χ1) is 9.51. The molecule has 2 aromatic carbocycles. The van der Waals surface area contributed by atoms with Gasteiger partial charge in [0.25, 0.3) is 0 Å². The quantitative estimate of drug-likeness (QED) is 0.758. The van der Waals surface area contributed by atoms with Gasteiger partial charge in [0, 0.05) is 3.57 Å². The Kier molecular flexibility index (Phi) is 5.10. The van der Waals surface area contributed by atoms with Crippen LogP contribution < -0.4 is 5.32 Å². The minimum Gasteiger partial charge on any atom is -0.306 e. The minimum atomic E-state index is -0.260. The predicted octanol–water partition coefficient (Wildman–Crippen LogP) is 4.58. The third-order valence-electron chi connectivity index (χ3n) is 3.08. The van der Waals surface area contributed by atoms with Crippen LogP contribution in [0.1, 0.15) is 29.7 Å². The van der Waals surface area contributed by atoms with Gasteiger partial charge < -0.3 is 5.32 Å². The molecule has 2 rings (SSSR count). The van der Waals surface area contributed by atoms with E-state index in [9.17, 15) is 8.78 Å². The highest BCUT2D eigenvalue weighted by Gasteiger charge is 2.17. The Morgan fingerprint density at radius 2 is 1.85 bits per heavy atom. The summed E-state index contributed by atoms with van der Waals surface area (Å²) >= 11 is 2.11. The first-order valence-electron chi connectivity index (χ1n) is 6.46. The average molecular weight is 387 g/mol. The van der Waals surface area contributed by atoms with E-state index in [0.29, 0.717) is 0 Å². The molecule has 0 spiro atoms. The standard InChI is InChI=1S/C16H16F2IN/c1-3-20-16(11-6-10(2)7-13(18)8-11)14-5-4-12(17)9-15(14)19/h4-9,16,20H,3H2,1-2H3. The van der Waals surface area contributed by atoms with Crippen LogP contribution >= 0.6 is 22.6 Å². The summed E-state index contributed by atoms with van der Waals surface area (Å²) in [5, 5.41) is 3.34. The molecule has 20 heavy (non-hydrogen) atoms. The van der Waals surface area contributed by atoms with E-state index in [1.807, 2.05) is 19.9 Å². The van der Waals surface area contributed by atoms with Gasteiger partial charge in [0.2, 0.25) is 0 Å². The lowest BCUT2D eigenvalue weighted by Crippen LogP contribution is -2.23. The fourth-order valence-electron chi connectivity index (χ4n) is 2.28. The van der Waals surface area contributed by atoms with Crippen molar-refractivity contribution in [2.24, 2.45) is 0 Å². The molecule has 0 aliphatic heterocycles. The van der Waals surface area contributed by atoms with Crippen molar-refractivity contribution in [3.05, 3.63) is 68.3 Å². The fourth-order valence-corrected chi connectivity index (χ4v) is 3.07. The summed E-state index contributed by atoms with van der Waals surface area (Å²) in [6.45, 7) is 4.61. The minimum absolute atomic E-state index is 0.137. The van der Waals surface area contributed by atoms with Gasteiger partial charge in [-0.3, -0.25) is 0 Å². The summed E-state index contributed by atoms with van der Waals surface area (Å²) < 4.78 is 27.7. The van der Waals surface area contributed by atoms with E-state index in [1.54, 1.807) is 6.07 Å². The van der Waals surface area contributed by atoms with Crippen molar-refractivity contribution in [3.63, 3.8) is 0 Å². The summed E-state index contributed by atoms with van der Waals surface area (Å²) in [4.78, 5) is 0. The first kappa shape index (κ1) is 15.4. The molecule has 106 valence electrons. The molecule has 1 atom stereocenters. The monoisotopic (exact) mass is 387 g/mol. The maximum absolute atomic E-state index is 13.6. The molecule has 0 saturated heterocycles. The highest BCUT2D eigenvalue weighted by Crippen LogP contribution is 2.28. The number of benzene rings is 2. The van der Waals surface area contributed by atoms with Gasteiger partial charge in [0.1, 0.15) is 11.6 Å². The average Bonchev–Trinajstić information content (AvgIpc) is 2.35. The van der Waals surface area contributed by atoms with Crippen molar-refractivity contribution in [2.45, 2.75) is 19.9 Å². The van der Waals surface area contributed by atoms with Crippen LogP contribution in [-0.4, -0.2) is 6.54 Å². The van der Waals surface area contributed by atoms with Gasteiger partial charge in [-0.2, -0.15) is 0 Å². The molecule has 0 aliphatic carbocycles. The Hall–Kier alpha value is -1.01. The van der Waals surface area contributed by atoms with Gasteiger partial charge >= 0.3 is 0 Å². The number of nitrogens with one attached hydrogen (secondary N) is 1.